The number of primary amides is 1. The molecule has 1 rings (SSSR count). The first kappa shape index (κ1) is 16.4. The van der Waals surface area contributed by atoms with E-state index in [4.69, 9.17) is 15.6 Å². The lowest BCUT2D eigenvalue weighted by Gasteiger charge is -2.14. The van der Waals surface area contributed by atoms with Crippen LogP contribution < -0.4 is 15.8 Å². The van der Waals surface area contributed by atoms with E-state index in [0.29, 0.717) is 0 Å². The normalized spacial score (nSPS) is 11.5. The number of amides is 2. The summed E-state index contributed by atoms with van der Waals surface area (Å²) >= 11 is 0. The minimum Gasteiger partial charge on any atom is -0.494 e. The fourth-order valence-corrected chi connectivity index (χ4v) is 1.59. The molecule has 0 saturated carbocycles. The summed E-state index contributed by atoms with van der Waals surface area (Å²) in [5, 5.41) is 11.2. The molecule has 0 fully saturated rings. The summed E-state index contributed by atoms with van der Waals surface area (Å²) in [5.74, 6) is -3.45. The second-order valence-corrected chi connectivity index (χ2v) is 4.22. The number of carboxylic acids is 1. The Hall–Kier alpha value is -2.64. The maximum absolute atomic E-state index is 13.2. The highest BCUT2D eigenvalue weighted by Crippen LogP contribution is 2.18. The number of hydrogen-bond acceptors (Lipinski definition) is 4. The number of methoxy groups -OCH3 is 1. The third-order valence-corrected chi connectivity index (χ3v) is 2.70. The summed E-state index contributed by atoms with van der Waals surface area (Å²) < 4.78 is 18.0. The Balaban J connectivity index is 2.81. The number of rotatable bonds is 7. The highest BCUT2D eigenvalue weighted by Gasteiger charge is 2.21. The van der Waals surface area contributed by atoms with Crippen LogP contribution in [0.1, 0.15) is 23.2 Å². The van der Waals surface area contributed by atoms with Crippen molar-refractivity contribution in [1.82, 2.24) is 5.32 Å². The molecule has 0 radical (unpaired) electrons. The van der Waals surface area contributed by atoms with Crippen LogP contribution in [-0.2, 0) is 9.59 Å². The van der Waals surface area contributed by atoms with Gasteiger partial charge in [0.1, 0.15) is 6.04 Å². The average molecular weight is 298 g/mol. The van der Waals surface area contributed by atoms with Crippen LogP contribution in [0.4, 0.5) is 4.39 Å². The number of aliphatic carboxylic acids is 1. The molecule has 0 aliphatic rings. The van der Waals surface area contributed by atoms with Crippen molar-refractivity contribution in [2.45, 2.75) is 18.9 Å². The monoisotopic (exact) mass is 298 g/mol. The topological polar surface area (TPSA) is 119 Å². The highest BCUT2D eigenvalue weighted by atomic mass is 19.1. The van der Waals surface area contributed by atoms with Crippen molar-refractivity contribution in [3.05, 3.63) is 29.6 Å². The predicted octanol–water partition coefficient (Wildman–Crippen LogP) is 0.283. The number of carboxylic acid groups (broad SMARTS) is 1. The van der Waals surface area contributed by atoms with Gasteiger partial charge in [0.25, 0.3) is 5.91 Å². The molecule has 0 heterocycles. The second kappa shape index (κ2) is 7.22. The van der Waals surface area contributed by atoms with E-state index < -0.39 is 29.6 Å². The van der Waals surface area contributed by atoms with E-state index in [1.54, 1.807) is 0 Å². The Morgan fingerprint density at radius 2 is 2.10 bits per heavy atom. The molecular formula is C13H15FN2O5. The van der Waals surface area contributed by atoms with Crippen LogP contribution >= 0.6 is 0 Å². The summed E-state index contributed by atoms with van der Waals surface area (Å²) in [7, 11) is 1.24. The fraction of sp³-hybridized carbons (Fsp3) is 0.308. The number of nitrogens with two attached hydrogens (primary N) is 1. The number of halogens is 1. The third kappa shape index (κ3) is 4.75. The third-order valence-electron chi connectivity index (χ3n) is 2.70. The lowest BCUT2D eigenvalue weighted by Crippen LogP contribution is -2.41. The number of hydrogen-bond donors (Lipinski definition) is 3. The number of nitrogens with one attached hydrogen (secondary N) is 1. The van der Waals surface area contributed by atoms with E-state index in [0.717, 1.165) is 12.1 Å². The van der Waals surface area contributed by atoms with E-state index in [9.17, 15) is 18.8 Å². The first-order chi connectivity index (χ1) is 9.85. The molecule has 2 amide bonds. The molecule has 0 spiro atoms. The van der Waals surface area contributed by atoms with Gasteiger partial charge in [0.2, 0.25) is 5.91 Å². The van der Waals surface area contributed by atoms with E-state index >= 15 is 0 Å². The summed E-state index contributed by atoms with van der Waals surface area (Å²) in [6.45, 7) is 0. The van der Waals surface area contributed by atoms with Gasteiger partial charge in [-0.1, -0.05) is 0 Å². The Morgan fingerprint density at radius 3 is 2.62 bits per heavy atom. The predicted molar refractivity (Wildman–Crippen MR) is 70.3 cm³/mol. The molecule has 21 heavy (non-hydrogen) atoms. The zero-order chi connectivity index (χ0) is 16.0. The van der Waals surface area contributed by atoms with Gasteiger partial charge in [-0.2, -0.15) is 0 Å². The van der Waals surface area contributed by atoms with Gasteiger partial charge in [-0.3, -0.25) is 9.59 Å². The molecule has 114 valence electrons. The van der Waals surface area contributed by atoms with E-state index in [-0.39, 0.29) is 24.2 Å². The zero-order valence-electron chi connectivity index (χ0n) is 11.3. The van der Waals surface area contributed by atoms with Gasteiger partial charge in [0, 0.05) is 12.0 Å². The van der Waals surface area contributed by atoms with Crippen molar-refractivity contribution >= 4 is 17.8 Å². The van der Waals surface area contributed by atoms with Crippen LogP contribution in [0.5, 0.6) is 5.75 Å². The van der Waals surface area contributed by atoms with E-state index in [2.05, 4.69) is 5.32 Å². The van der Waals surface area contributed by atoms with Gasteiger partial charge >= 0.3 is 5.97 Å². The SMILES string of the molecule is COc1cc(C(=O)NC(CCC(N)=O)C(=O)O)ccc1F. The molecular weight excluding hydrogens is 283 g/mol. The van der Waals surface area contributed by atoms with Crippen LogP contribution in [-0.4, -0.2) is 36.0 Å². The molecule has 7 nitrogen and oxygen atoms in total. The first-order valence-electron chi connectivity index (χ1n) is 6.00. The summed E-state index contributed by atoms with van der Waals surface area (Å²) in [6.07, 6.45) is -0.307. The summed E-state index contributed by atoms with van der Waals surface area (Å²) in [6, 6.07) is 2.12. The number of benzene rings is 1. The summed E-state index contributed by atoms with van der Waals surface area (Å²) in [4.78, 5) is 33.6. The maximum Gasteiger partial charge on any atom is 0.326 e. The van der Waals surface area contributed by atoms with Crippen LogP contribution in [0.25, 0.3) is 0 Å². The molecule has 1 unspecified atom stereocenters. The maximum atomic E-state index is 13.2. The van der Waals surface area contributed by atoms with Crippen LogP contribution in [0.3, 0.4) is 0 Å². The second-order valence-electron chi connectivity index (χ2n) is 4.22. The first-order valence-corrected chi connectivity index (χ1v) is 6.00. The minimum atomic E-state index is -1.29. The Labute approximate surface area is 119 Å². The van der Waals surface area contributed by atoms with E-state index in [1.807, 2.05) is 0 Å². The van der Waals surface area contributed by atoms with Gasteiger partial charge < -0.3 is 20.9 Å². The van der Waals surface area contributed by atoms with Crippen LogP contribution in [0, 0.1) is 5.82 Å². The number of ether oxygens (including phenoxy) is 1. The van der Waals surface area contributed by atoms with Crippen LogP contribution in [0.15, 0.2) is 18.2 Å². The van der Waals surface area contributed by atoms with Gasteiger partial charge in [0.05, 0.1) is 7.11 Å². The number of carbonyl (C=O) groups excluding carboxylic acids is 2. The van der Waals surface area contributed by atoms with Crippen molar-refractivity contribution in [2.75, 3.05) is 7.11 Å². The minimum absolute atomic E-state index is 0.0403. The molecule has 0 bridgehead atoms. The quantitative estimate of drug-likeness (QED) is 0.668. The largest absolute Gasteiger partial charge is 0.494 e. The van der Waals surface area contributed by atoms with Crippen molar-refractivity contribution in [3.8, 4) is 5.75 Å². The molecule has 8 heteroatoms. The summed E-state index contributed by atoms with van der Waals surface area (Å²) in [5.41, 5.74) is 4.97. The Kier molecular flexibility index (Phi) is 5.65. The standard InChI is InChI=1S/C13H15FN2O5/c1-21-10-6-7(2-3-8(10)14)12(18)16-9(13(19)20)4-5-11(15)17/h2-3,6,9H,4-5H2,1H3,(H2,15,17)(H,16,18)(H,19,20). The van der Waals surface area contributed by atoms with Gasteiger partial charge in [0.15, 0.2) is 11.6 Å². The van der Waals surface area contributed by atoms with Crippen LogP contribution in [0.2, 0.25) is 0 Å². The lowest BCUT2D eigenvalue weighted by molar-refractivity contribution is -0.139. The van der Waals surface area contributed by atoms with Crippen molar-refractivity contribution < 1.29 is 28.6 Å². The fourth-order valence-electron chi connectivity index (χ4n) is 1.59. The molecule has 1 atom stereocenters. The van der Waals surface area contributed by atoms with E-state index in [1.165, 1.54) is 13.2 Å². The smallest absolute Gasteiger partial charge is 0.326 e. The average Bonchev–Trinajstić information content (AvgIpc) is 2.43. The lowest BCUT2D eigenvalue weighted by atomic mass is 10.1. The van der Waals surface area contributed by atoms with Gasteiger partial charge in [-0.05, 0) is 24.6 Å². The molecule has 0 saturated heterocycles. The molecule has 1 aromatic rings. The number of carbonyl (C=O) groups is 3. The molecule has 0 aliphatic carbocycles. The highest BCUT2D eigenvalue weighted by molar-refractivity contribution is 5.97. The zero-order valence-corrected chi connectivity index (χ0v) is 11.3. The molecule has 4 N–H and O–H groups in total. The molecule has 0 aromatic heterocycles. The van der Waals surface area contributed by atoms with Crippen molar-refractivity contribution in [1.29, 1.82) is 0 Å². The van der Waals surface area contributed by atoms with Crippen molar-refractivity contribution in [3.63, 3.8) is 0 Å². The Bertz CT molecular complexity index is 561. The van der Waals surface area contributed by atoms with Gasteiger partial charge in [-0.25, -0.2) is 9.18 Å². The van der Waals surface area contributed by atoms with Gasteiger partial charge in [-0.15, -0.1) is 0 Å². The van der Waals surface area contributed by atoms with Crippen molar-refractivity contribution in [2.24, 2.45) is 5.73 Å². The molecule has 1 aromatic carbocycles. The Morgan fingerprint density at radius 1 is 1.43 bits per heavy atom. The molecule has 0 aliphatic heterocycles.